The molecule has 6 heteroatoms. The van der Waals surface area contributed by atoms with Gasteiger partial charge in [-0.2, -0.15) is 0 Å². The van der Waals surface area contributed by atoms with E-state index >= 15 is 0 Å². The van der Waals surface area contributed by atoms with Crippen molar-refractivity contribution < 1.29 is 17.9 Å². The number of benzene rings is 2. The summed E-state index contributed by atoms with van der Waals surface area (Å²) in [5.41, 5.74) is 0.651. The van der Waals surface area contributed by atoms with E-state index in [0.29, 0.717) is 17.0 Å². The van der Waals surface area contributed by atoms with Gasteiger partial charge in [0, 0.05) is 5.39 Å². The van der Waals surface area contributed by atoms with Gasteiger partial charge < -0.3 is 4.74 Å². The average molecular weight is 333 g/mol. The molecule has 0 fully saturated rings. The molecule has 0 spiro atoms. The van der Waals surface area contributed by atoms with E-state index in [9.17, 15) is 13.2 Å². The van der Waals surface area contributed by atoms with Crippen LogP contribution in [0, 0.1) is 5.92 Å². The van der Waals surface area contributed by atoms with Gasteiger partial charge >= 0.3 is 5.97 Å². The zero-order chi connectivity index (χ0) is 16.6. The molecule has 0 amide bonds. The second kappa shape index (κ2) is 5.85. The number of carbonyl (C=O) groups is 1. The van der Waals surface area contributed by atoms with Crippen molar-refractivity contribution >= 4 is 32.5 Å². The van der Waals surface area contributed by atoms with Crippen LogP contribution in [0.5, 0.6) is 0 Å². The molecule has 1 aliphatic heterocycles. The molecule has 1 atom stereocenters. The maximum Gasteiger partial charge on any atom is 0.308 e. The second-order valence-electron chi connectivity index (χ2n) is 5.69. The predicted octanol–water partition coefficient (Wildman–Crippen LogP) is 2.94. The normalized spacial score (nSPS) is 16.5. The molecule has 122 valence electrons. The molecule has 2 aromatic carbocycles. The summed E-state index contributed by atoms with van der Waals surface area (Å²) in [7, 11) is -3.58. The van der Waals surface area contributed by atoms with Gasteiger partial charge in [0.05, 0.1) is 23.0 Å². The Balaban J connectivity index is 1.85. The topological polar surface area (TPSA) is 63.7 Å². The highest BCUT2D eigenvalue weighted by Crippen LogP contribution is 2.41. The van der Waals surface area contributed by atoms with E-state index < -0.39 is 10.0 Å². The van der Waals surface area contributed by atoms with E-state index in [1.54, 1.807) is 25.1 Å². The van der Waals surface area contributed by atoms with Crippen LogP contribution in [0.3, 0.4) is 0 Å². The number of sulfonamides is 1. The lowest BCUT2D eigenvalue weighted by Gasteiger charge is -2.19. The van der Waals surface area contributed by atoms with Crippen molar-refractivity contribution in [2.24, 2.45) is 5.92 Å². The van der Waals surface area contributed by atoms with Crippen molar-refractivity contribution in [3.8, 4) is 0 Å². The standard InChI is InChI=1S/C17H19NO4S/c1-3-12(2)17(19)22-11-10-18-14-8-4-6-13-7-5-9-15(16(13)14)23(18,20)21/h4-9,12H,3,10-11H2,1-2H3. The van der Waals surface area contributed by atoms with E-state index in [2.05, 4.69) is 0 Å². The quantitative estimate of drug-likeness (QED) is 0.789. The summed E-state index contributed by atoms with van der Waals surface area (Å²) in [6.45, 7) is 3.88. The first-order valence-corrected chi connectivity index (χ1v) is 9.12. The molecule has 0 saturated heterocycles. The molecule has 0 aromatic heterocycles. The first-order valence-electron chi connectivity index (χ1n) is 7.68. The summed E-state index contributed by atoms with van der Waals surface area (Å²) in [6, 6.07) is 10.8. The first-order chi connectivity index (χ1) is 11.0. The number of esters is 1. The molecule has 5 nitrogen and oxygen atoms in total. The zero-order valence-corrected chi connectivity index (χ0v) is 14.0. The van der Waals surface area contributed by atoms with Crippen molar-refractivity contribution in [3.05, 3.63) is 36.4 Å². The predicted molar refractivity (Wildman–Crippen MR) is 88.9 cm³/mol. The van der Waals surface area contributed by atoms with Crippen LogP contribution in [0.15, 0.2) is 41.3 Å². The fourth-order valence-corrected chi connectivity index (χ4v) is 4.43. The molecule has 23 heavy (non-hydrogen) atoms. The van der Waals surface area contributed by atoms with Gasteiger partial charge in [-0.3, -0.25) is 9.10 Å². The Kier molecular flexibility index (Phi) is 4.02. The molecule has 0 radical (unpaired) electrons. The van der Waals surface area contributed by atoms with Gasteiger partial charge in [-0.15, -0.1) is 0 Å². The third kappa shape index (κ3) is 2.57. The number of ether oxygens (including phenoxy) is 1. The zero-order valence-electron chi connectivity index (χ0n) is 13.2. The van der Waals surface area contributed by atoms with Crippen LogP contribution in [0.25, 0.3) is 10.8 Å². The molecule has 0 saturated carbocycles. The number of hydrogen-bond donors (Lipinski definition) is 0. The fourth-order valence-electron chi connectivity index (χ4n) is 2.74. The van der Waals surface area contributed by atoms with Crippen molar-refractivity contribution in [2.75, 3.05) is 17.5 Å². The van der Waals surface area contributed by atoms with Crippen molar-refractivity contribution in [1.29, 1.82) is 0 Å². The van der Waals surface area contributed by atoms with Gasteiger partial charge in [-0.25, -0.2) is 8.42 Å². The van der Waals surface area contributed by atoms with E-state index in [4.69, 9.17) is 4.74 Å². The van der Waals surface area contributed by atoms with E-state index in [1.165, 1.54) is 4.31 Å². The molecule has 1 heterocycles. The van der Waals surface area contributed by atoms with Crippen LogP contribution in [-0.4, -0.2) is 27.5 Å². The summed E-state index contributed by atoms with van der Waals surface area (Å²) in [6.07, 6.45) is 0.700. The Morgan fingerprint density at radius 3 is 2.61 bits per heavy atom. The van der Waals surface area contributed by atoms with Crippen LogP contribution in [0.2, 0.25) is 0 Å². The molecular weight excluding hydrogens is 314 g/mol. The minimum Gasteiger partial charge on any atom is -0.464 e. The smallest absolute Gasteiger partial charge is 0.308 e. The number of nitrogens with zero attached hydrogens (tertiary/aromatic N) is 1. The molecule has 0 bridgehead atoms. The highest BCUT2D eigenvalue weighted by Gasteiger charge is 2.35. The molecule has 3 rings (SSSR count). The molecule has 0 N–H and O–H groups in total. The monoisotopic (exact) mass is 333 g/mol. The van der Waals surface area contributed by atoms with Crippen LogP contribution in [-0.2, 0) is 19.6 Å². The van der Waals surface area contributed by atoms with E-state index in [1.807, 2.05) is 25.1 Å². The van der Waals surface area contributed by atoms with Gasteiger partial charge in [0.1, 0.15) is 6.61 Å². The van der Waals surface area contributed by atoms with E-state index in [0.717, 1.165) is 10.8 Å². The number of hydrogen-bond acceptors (Lipinski definition) is 4. The minimum absolute atomic E-state index is 0.0484. The van der Waals surface area contributed by atoms with E-state index in [-0.39, 0.29) is 25.0 Å². The largest absolute Gasteiger partial charge is 0.464 e. The minimum atomic E-state index is -3.58. The fraction of sp³-hybridized carbons (Fsp3) is 0.353. The number of anilines is 1. The second-order valence-corrected chi connectivity index (χ2v) is 7.52. The number of rotatable bonds is 5. The Bertz CT molecular complexity index is 855. The van der Waals surface area contributed by atoms with Crippen molar-refractivity contribution in [2.45, 2.75) is 25.2 Å². The third-order valence-electron chi connectivity index (χ3n) is 4.23. The summed E-state index contributed by atoms with van der Waals surface area (Å²) < 4.78 is 32.0. The van der Waals surface area contributed by atoms with Gasteiger partial charge in [-0.05, 0) is 23.9 Å². The van der Waals surface area contributed by atoms with Gasteiger partial charge in [0.2, 0.25) is 0 Å². The van der Waals surface area contributed by atoms with Gasteiger partial charge in [-0.1, -0.05) is 38.1 Å². The summed E-state index contributed by atoms with van der Waals surface area (Å²) in [4.78, 5) is 12.0. The lowest BCUT2D eigenvalue weighted by atomic mass is 10.1. The van der Waals surface area contributed by atoms with Crippen LogP contribution in [0.1, 0.15) is 20.3 Å². The molecule has 1 aliphatic rings. The van der Waals surface area contributed by atoms with Crippen molar-refractivity contribution in [3.63, 3.8) is 0 Å². The Labute approximate surface area is 135 Å². The average Bonchev–Trinajstić information content (AvgIpc) is 2.77. The maximum absolute atomic E-state index is 12.7. The highest BCUT2D eigenvalue weighted by molar-refractivity contribution is 7.93. The summed E-state index contributed by atoms with van der Waals surface area (Å²) in [5.74, 6) is -0.467. The Hall–Kier alpha value is -2.08. The molecule has 1 unspecified atom stereocenters. The molecule has 2 aromatic rings. The third-order valence-corrected chi connectivity index (χ3v) is 6.09. The van der Waals surface area contributed by atoms with Gasteiger partial charge in [0.25, 0.3) is 10.0 Å². The Morgan fingerprint density at radius 1 is 1.22 bits per heavy atom. The van der Waals surface area contributed by atoms with Crippen LogP contribution >= 0.6 is 0 Å². The lowest BCUT2D eigenvalue weighted by Crippen LogP contribution is -2.31. The number of carbonyl (C=O) groups excluding carboxylic acids is 1. The summed E-state index contributed by atoms with van der Waals surface area (Å²) >= 11 is 0. The lowest BCUT2D eigenvalue weighted by molar-refractivity contribution is -0.147. The summed E-state index contributed by atoms with van der Waals surface area (Å²) in [5, 5.41) is 1.63. The maximum atomic E-state index is 12.7. The van der Waals surface area contributed by atoms with Gasteiger partial charge in [0.15, 0.2) is 0 Å². The first kappa shape index (κ1) is 15.8. The highest BCUT2D eigenvalue weighted by atomic mass is 32.2. The molecule has 0 aliphatic carbocycles. The van der Waals surface area contributed by atoms with Crippen LogP contribution in [0.4, 0.5) is 5.69 Å². The Morgan fingerprint density at radius 2 is 1.91 bits per heavy atom. The SMILES string of the molecule is CCC(C)C(=O)OCCN1c2cccc3cccc(c23)S1(=O)=O. The van der Waals surface area contributed by atoms with Crippen LogP contribution < -0.4 is 4.31 Å². The van der Waals surface area contributed by atoms with Crippen molar-refractivity contribution in [1.82, 2.24) is 0 Å². The molecular formula is C17H19NO4S.